The van der Waals surface area contributed by atoms with Crippen LogP contribution in [0.15, 0.2) is 6.07 Å². The first-order valence-corrected chi connectivity index (χ1v) is 10.4. The van der Waals surface area contributed by atoms with Gasteiger partial charge in [-0.25, -0.2) is 0 Å². The molecule has 0 aromatic carbocycles. The molecule has 2 amide bonds. The first-order chi connectivity index (χ1) is 13.1. The zero-order valence-corrected chi connectivity index (χ0v) is 16.3. The smallest absolute Gasteiger partial charge is 0.237 e. The molecule has 1 aliphatic carbocycles. The molecule has 0 radical (unpaired) electrons. The molecule has 2 fully saturated rings. The number of nitrogens with zero attached hydrogens (tertiary/aromatic N) is 4. The molecular weight excluding hydrogens is 342 g/mol. The largest absolute Gasteiger partial charge is 0.349 e. The fourth-order valence-electron chi connectivity index (χ4n) is 4.41. The van der Waals surface area contributed by atoms with Crippen LogP contribution in [-0.4, -0.2) is 57.6 Å². The zero-order chi connectivity index (χ0) is 18.8. The first kappa shape index (κ1) is 18.5. The molecule has 0 spiro atoms. The predicted octanol–water partition coefficient (Wildman–Crippen LogP) is 1.52. The van der Waals surface area contributed by atoms with Crippen LogP contribution in [0.1, 0.15) is 56.3 Å². The molecule has 7 nitrogen and oxygen atoms in total. The van der Waals surface area contributed by atoms with E-state index in [9.17, 15) is 9.59 Å². The number of aryl methyl sites for hydroxylation is 1. The molecule has 2 aliphatic heterocycles. The van der Waals surface area contributed by atoms with Crippen LogP contribution in [0.2, 0.25) is 0 Å². The number of aromatic nitrogens is 2. The highest BCUT2D eigenvalue weighted by Gasteiger charge is 2.31. The number of carbonyl (C=O) groups excluding carboxylic acids is 2. The minimum atomic E-state index is -0.0187. The number of rotatable bonds is 4. The van der Waals surface area contributed by atoms with Crippen molar-refractivity contribution >= 4 is 11.8 Å². The van der Waals surface area contributed by atoms with Gasteiger partial charge in [-0.3, -0.25) is 19.2 Å². The summed E-state index contributed by atoms with van der Waals surface area (Å²) in [4.78, 5) is 29.2. The van der Waals surface area contributed by atoms with Crippen molar-refractivity contribution in [3.8, 4) is 0 Å². The van der Waals surface area contributed by atoms with Crippen molar-refractivity contribution in [2.45, 2.75) is 70.6 Å². The van der Waals surface area contributed by atoms with E-state index in [0.29, 0.717) is 19.0 Å². The van der Waals surface area contributed by atoms with Crippen molar-refractivity contribution in [3.63, 3.8) is 0 Å². The number of hydrogen-bond donors (Lipinski definition) is 1. The van der Waals surface area contributed by atoms with Gasteiger partial charge in [0.1, 0.15) is 0 Å². The SMILES string of the molecule is CN1CCCC[C@@H]1C(=O)NCc1cc2n(n1)CCCN(C(=O)C1CCC1)C2. The van der Waals surface area contributed by atoms with Gasteiger partial charge in [0.15, 0.2) is 0 Å². The second-order valence-electron chi connectivity index (χ2n) is 8.30. The average molecular weight is 374 g/mol. The van der Waals surface area contributed by atoms with Crippen LogP contribution in [0.25, 0.3) is 0 Å². The summed E-state index contributed by atoms with van der Waals surface area (Å²) in [7, 11) is 2.02. The van der Waals surface area contributed by atoms with Gasteiger partial charge in [0.05, 0.1) is 30.5 Å². The molecule has 0 bridgehead atoms. The third kappa shape index (κ3) is 4.03. The normalized spacial score (nSPS) is 24.0. The van der Waals surface area contributed by atoms with E-state index in [1.54, 1.807) is 0 Å². The van der Waals surface area contributed by atoms with Gasteiger partial charge in [0, 0.05) is 19.0 Å². The minimum Gasteiger partial charge on any atom is -0.349 e. The fraction of sp³-hybridized carbons (Fsp3) is 0.750. The Kier molecular flexibility index (Phi) is 5.48. The summed E-state index contributed by atoms with van der Waals surface area (Å²) in [5, 5.41) is 7.73. The number of nitrogens with one attached hydrogen (secondary N) is 1. The molecule has 1 aromatic heterocycles. The summed E-state index contributed by atoms with van der Waals surface area (Å²) in [5.41, 5.74) is 1.97. The standard InChI is InChI=1S/C20H31N5O2/c1-23-9-3-2-8-18(23)19(26)21-13-16-12-17-14-24(10-5-11-25(17)22-16)20(27)15-6-4-7-15/h12,15,18H,2-11,13-14H2,1H3,(H,21,26)/t18-/m1/s1. The molecule has 27 heavy (non-hydrogen) atoms. The monoisotopic (exact) mass is 373 g/mol. The third-order valence-corrected chi connectivity index (χ3v) is 6.35. The fourth-order valence-corrected chi connectivity index (χ4v) is 4.41. The first-order valence-electron chi connectivity index (χ1n) is 10.4. The van der Waals surface area contributed by atoms with E-state index in [0.717, 1.165) is 63.1 Å². The molecule has 7 heteroatoms. The number of likely N-dealkylation sites (tertiary alicyclic amines) is 1. The van der Waals surface area contributed by atoms with Crippen molar-refractivity contribution < 1.29 is 9.59 Å². The Hall–Kier alpha value is -1.89. The van der Waals surface area contributed by atoms with E-state index in [1.165, 1.54) is 12.8 Å². The summed E-state index contributed by atoms with van der Waals surface area (Å²) in [6.45, 7) is 3.74. The second-order valence-corrected chi connectivity index (χ2v) is 8.30. The van der Waals surface area contributed by atoms with E-state index in [4.69, 9.17) is 0 Å². The maximum Gasteiger partial charge on any atom is 0.237 e. The highest BCUT2D eigenvalue weighted by molar-refractivity contribution is 5.81. The highest BCUT2D eigenvalue weighted by atomic mass is 16.2. The maximum atomic E-state index is 12.6. The lowest BCUT2D eigenvalue weighted by molar-refractivity contribution is -0.138. The molecule has 1 N–H and O–H groups in total. The number of piperidine rings is 1. The Morgan fingerprint density at radius 2 is 1.96 bits per heavy atom. The van der Waals surface area contributed by atoms with Gasteiger partial charge in [-0.2, -0.15) is 5.10 Å². The van der Waals surface area contributed by atoms with Crippen molar-refractivity contribution in [1.82, 2.24) is 24.9 Å². The molecule has 148 valence electrons. The zero-order valence-electron chi connectivity index (χ0n) is 16.3. The quantitative estimate of drug-likeness (QED) is 0.869. The van der Waals surface area contributed by atoms with Crippen LogP contribution in [-0.2, 0) is 29.2 Å². The number of likely N-dealkylation sites (N-methyl/N-ethyl adjacent to an activating group) is 1. The highest BCUT2D eigenvalue weighted by Crippen LogP contribution is 2.29. The van der Waals surface area contributed by atoms with Gasteiger partial charge in [-0.05, 0) is 51.8 Å². The number of hydrogen-bond acceptors (Lipinski definition) is 4. The Morgan fingerprint density at radius 1 is 1.11 bits per heavy atom. The lowest BCUT2D eigenvalue weighted by Crippen LogP contribution is -2.47. The molecule has 1 saturated carbocycles. The van der Waals surface area contributed by atoms with E-state index < -0.39 is 0 Å². The van der Waals surface area contributed by atoms with E-state index >= 15 is 0 Å². The van der Waals surface area contributed by atoms with Crippen molar-refractivity contribution in [3.05, 3.63) is 17.5 Å². The summed E-state index contributed by atoms with van der Waals surface area (Å²) in [6, 6.07) is 2.03. The number of carbonyl (C=O) groups is 2. The maximum absolute atomic E-state index is 12.6. The molecular formula is C20H31N5O2. The van der Waals surface area contributed by atoms with Gasteiger partial charge in [-0.15, -0.1) is 0 Å². The summed E-state index contributed by atoms with van der Waals surface area (Å²) >= 11 is 0. The number of amides is 2. The molecule has 3 heterocycles. The van der Waals surface area contributed by atoms with Crippen molar-refractivity contribution in [2.24, 2.45) is 5.92 Å². The van der Waals surface area contributed by atoms with Crippen LogP contribution in [0, 0.1) is 5.92 Å². The lowest BCUT2D eigenvalue weighted by atomic mass is 9.84. The van der Waals surface area contributed by atoms with Gasteiger partial charge >= 0.3 is 0 Å². The van der Waals surface area contributed by atoms with E-state index in [2.05, 4.69) is 21.4 Å². The molecule has 1 atom stereocenters. The lowest BCUT2D eigenvalue weighted by Gasteiger charge is -2.31. The predicted molar refractivity (Wildman–Crippen MR) is 102 cm³/mol. The van der Waals surface area contributed by atoms with Gasteiger partial charge in [-0.1, -0.05) is 12.8 Å². The van der Waals surface area contributed by atoms with E-state index in [-0.39, 0.29) is 17.9 Å². The Bertz CT molecular complexity index is 697. The summed E-state index contributed by atoms with van der Waals surface area (Å²) < 4.78 is 2.02. The van der Waals surface area contributed by atoms with Crippen molar-refractivity contribution in [2.75, 3.05) is 20.1 Å². The van der Waals surface area contributed by atoms with Crippen LogP contribution in [0.5, 0.6) is 0 Å². The van der Waals surface area contributed by atoms with Crippen LogP contribution < -0.4 is 5.32 Å². The van der Waals surface area contributed by atoms with Crippen LogP contribution in [0.3, 0.4) is 0 Å². The third-order valence-electron chi connectivity index (χ3n) is 6.35. The second kappa shape index (κ2) is 8.00. The van der Waals surface area contributed by atoms with E-state index in [1.807, 2.05) is 16.6 Å². The molecule has 1 aromatic rings. The Morgan fingerprint density at radius 3 is 2.70 bits per heavy atom. The Balaban J connectivity index is 1.35. The van der Waals surface area contributed by atoms with Crippen LogP contribution in [0.4, 0.5) is 0 Å². The van der Waals surface area contributed by atoms with Crippen LogP contribution >= 0.6 is 0 Å². The molecule has 3 aliphatic rings. The summed E-state index contributed by atoms with van der Waals surface area (Å²) in [6.07, 6.45) is 7.42. The average Bonchev–Trinajstić information content (AvgIpc) is 2.88. The Labute approximate surface area is 161 Å². The van der Waals surface area contributed by atoms with Crippen molar-refractivity contribution in [1.29, 1.82) is 0 Å². The summed E-state index contributed by atoms with van der Waals surface area (Å²) in [5.74, 6) is 0.652. The van der Waals surface area contributed by atoms with Gasteiger partial charge < -0.3 is 10.2 Å². The van der Waals surface area contributed by atoms with Gasteiger partial charge in [0.25, 0.3) is 0 Å². The topological polar surface area (TPSA) is 70.5 Å². The van der Waals surface area contributed by atoms with Gasteiger partial charge in [0.2, 0.25) is 11.8 Å². The molecule has 4 rings (SSSR count). The number of fused-ring (bicyclic) bond motifs is 1. The minimum absolute atomic E-state index is 0.0187. The molecule has 0 unspecified atom stereocenters. The molecule has 1 saturated heterocycles.